The molecule has 7 atom stereocenters. The maximum absolute atomic E-state index is 14.1. The van der Waals surface area contributed by atoms with Crippen molar-refractivity contribution in [1.82, 2.24) is 42.5 Å². The number of carboxylic acid groups (broad SMARTS) is 6. The van der Waals surface area contributed by atoms with E-state index in [1.165, 1.54) is 55.5 Å². The first kappa shape index (κ1) is 108. The second-order valence-electron chi connectivity index (χ2n) is 36.0. The van der Waals surface area contributed by atoms with Crippen LogP contribution < -0.4 is 53.2 Å². The van der Waals surface area contributed by atoms with Gasteiger partial charge in [0.1, 0.15) is 30.5 Å². The molecule has 35 heteroatoms. The smallest absolute Gasteiger partial charge is 0.326 e. The molecule has 34 nitrogen and oxygen atoms in total. The summed E-state index contributed by atoms with van der Waals surface area (Å²) in [6.45, 7) is 10.8. The third-order valence-electron chi connectivity index (χ3n) is 25.3. The number of unbranched alkanes of at least 4 members (excludes halogenated alkanes) is 8. The lowest BCUT2D eigenvalue weighted by molar-refractivity contribution is -0.438. The van der Waals surface area contributed by atoms with Crippen molar-refractivity contribution in [2.75, 3.05) is 43.9 Å². The van der Waals surface area contributed by atoms with Gasteiger partial charge >= 0.3 is 41.8 Å². The van der Waals surface area contributed by atoms with Crippen molar-refractivity contribution >= 4 is 152 Å². The number of allylic oxidation sites excluding steroid dienone is 6. The Labute approximate surface area is 781 Å². The van der Waals surface area contributed by atoms with E-state index in [0.29, 0.717) is 96.4 Å². The molecule has 1 saturated carbocycles. The van der Waals surface area contributed by atoms with Crippen molar-refractivity contribution in [2.45, 2.75) is 281 Å². The van der Waals surface area contributed by atoms with E-state index in [1.54, 1.807) is 0 Å². The molecule has 0 bridgehead atoms. The number of hydrogen-bond acceptors (Lipinski definition) is 19. The number of nitrogens with one attached hydrogen (secondary N) is 8. The number of aliphatic carboxylic acids is 6. The molecule has 7 unspecified atom stereocenters. The van der Waals surface area contributed by atoms with Gasteiger partial charge in [0.15, 0.2) is 17.3 Å². The summed E-state index contributed by atoms with van der Waals surface area (Å²) in [6, 6.07) is 18.0. The number of carbonyl (C=O) groups is 17. The number of ketones is 3. The van der Waals surface area contributed by atoms with Crippen LogP contribution in [-0.2, 0) is 87.5 Å². The van der Waals surface area contributed by atoms with Crippen LogP contribution in [0.5, 0.6) is 0 Å². The first-order valence-corrected chi connectivity index (χ1v) is 47.0. The normalized spacial score (nSPS) is 16.7. The number of likely N-dealkylation sites (N-methyl/N-ethyl adjacent to an activating group) is 1. The number of anilines is 1. The molecule has 0 saturated heterocycles. The van der Waals surface area contributed by atoms with Gasteiger partial charge in [-0.15, -0.1) is 0 Å². The van der Waals surface area contributed by atoms with E-state index in [9.17, 15) is 107 Å². The molecule has 4 aromatic rings. The summed E-state index contributed by atoms with van der Waals surface area (Å²) in [5.74, 6) is -16.9. The molecule has 2 heterocycles. The molecular weight excluding hydrogens is 1730 g/mol. The zero-order valence-corrected chi connectivity index (χ0v) is 77.8. The topological polar surface area (TPSA) is 540 Å². The van der Waals surface area contributed by atoms with Crippen molar-refractivity contribution in [3.8, 4) is 0 Å². The first-order chi connectivity index (χ1) is 63.3. The van der Waals surface area contributed by atoms with Crippen LogP contribution in [-0.4, -0.2) is 211 Å². The highest BCUT2D eigenvalue weighted by atomic mass is 32.1. The number of nitrogens with two attached hydrogens (primary N) is 1. The standard InChI is InChI=1S/C98H133N11O23S/c1-97(2)79(108(5)74-47-40-62-25-17-19-27-67(62)89(74)97)31-12-8-13-32-80-98(3,4)90-68-28-20-18-26-63(68)41-48-75(90)109(80)56-24-10-16-33-81(113)100-54-23-21-29-70(91(99)125)104-84(116)34-14-7-6-11-30-76(110)73(60-133)105-93(127)66(43-51-86(119)120)58-77(111)65(42-50-85(117)118)57-78(112)69(45-52-87(121)122)103-83(115)35-15-9-22-55-101-92(126)64-38-36-61(37-39-64)59-102-82(114)49-44-71(94(128)129)106-96(132)107-72(95(130)131)46-53-88(123)124/h8,12-13,17-20,25-28,31-32,40-41,47-48,61,64-66,69-73H,6-7,9-11,14-16,21-24,29-30,33-39,42-46,49-60H2,1-5H3,(H16-,99,100,101,102,103,104,105,106,107,113,114,115,116,117,118,119,120,121,122,123,124,125,126,127,128,129,130,131,132,133)/p+1. The van der Waals surface area contributed by atoms with E-state index in [1.807, 2.05) is 5.32 Å². The zero-order chi connectivity index (χ0) is 97.5. The monoisotopic (exact) mass is 1860 g/mol. The molecule has 7 rings (SSSR count). The van der Waals surface area contributed by atoms with Crippen LogP contribution in [0, 0.1) is 23.7 Å². The van der Waals surface area contributed by atoms with Crippen LogP contribution in [0.15, 0.2) is 109 Å². The van der Waals surface area contributed by atoms with Crippen molar-refractivity contribution in [1.29, 1.82) is 0 Å². The van der Waals surface area contributed by atoms with E-state index in [0.717, 1.165) is 19.4 Å². The highest BCUT2D eigenvalue weighted by Gasteiger charge is 2.46. The summed E-state index contributed by atoms with van der Waals surface area (Å²) in [5, 5.41) is 82.0. The minimum absolute atomic E-state index is 0.0125. The number of nitrogens with zero attached hydrogens (tertiary/aromatic N) is 2. The number of carbonyl (C=O) groups excluding carboxylic acids is 11. The SMILES string of the molecule is CN1/C(=C/C=C/C=C/C2=[N+](CCCCCC(=O)NCCCCC(NC(=O)CCCCCCC(=O)C(CS)NC(=O)C(CCC(=O)O)CC(=O)C(CCC(=O)O)CC(=O)C(CCC(=O)O)NC(=O)CCCCCNC(=O)C3CCC(CNC(=O)CCC(NC(=O)NC(CCC(=O)O)C(=O)O)C(=O)O)CC3)C(N)=O)c3ccc4ccccc4c3C2(C)C)C(C)(C)c2c1ccc1ccccc21. The summed E-state index contributed by atoms with van der Waals surface area (Å²) in [5.41, 5.74) is 12.7. The molecule has 0 radical (unpaired) electrons. The van der Waals surface area contributed by atoms with Crippen molar-refractivity contribution < 1.29 is 117 Å². The number of hydrogen-bond donors (Lipinski definition) is 16. The molecular formula is C98H134N11O23S+. The quantitative estimate of drug-likeness (QED) is 0.00845. The van der Waals surface area contributed by atoms with Gasteiger partial charge in [-0.2, -0.15) is 17.2 Å². The Morgan fingerprint density at radius 3 is 1.56 bits per heavy atom. The van der Waals surface area contributed by atoms with Crippen molar-refractivity contribution in [3.05, 3.63) is 120 Å². The lowest BCUT2D eigenvalue weighted by Gasteiger charge is -2.28. The number of thiol groups is 1. The maximum Gasteiger partial charge on any atom is 0.326 e. The Morgan fingerprint density at radius 1 is 0.459 bits per heavy atom. The average Bonchev–Trinajstić information content (AvgIpc) is 1.58. The molecule has 1 fully saturated rings. The molecule has 9 amide bonds. The summed E-state index contributed by atoms with van der Waals surface area (Å²) < 4.78 is 2.44. The number of carboxylic acids is 6. The third-order valence-corrected chi connectivity index (χ3v) is 25.6. The fourth-order valence-electron chi connectivity index (χ4n) is 17.8. The minimum Gasteiger partial charge on any atom is -0.481 e. The van der Waals surface area contributed by atoms with Crippen molar-refractivity contribution in [3.63, 3.8) is 0 Å². The van der Waals surface area contributed by atoms with Crippen LogP contribution in [0.4, 0.5) is 16.2 Å². The van der Waals surface area contributed by atoms with E-state index < -0.39 is 189 Å². The van der Waals surface area contributed by atoms with Crippen LogP contribution in [0.25, 0.3) is 21.5 Å². The number of Topliss-reactive ketones (excluding diaryl/α,β-unsaturated/α-hetero) is 3. The Kier molecular flexibility index (Phi) is 43.9. The number of rotatable bonds is 62. The first-order valence-electron chi connectivity index (χ1n) is 46.4. The average molecular weight is 1870 g/mol. The van der Waals surface area contributed by atoms with E-state index in [4.69, 9.17) is 10.8 Å². The molecule has 0 spiro atoms. The second-order valence-corrected chi connectivity index (χ2v) is 36.3. The summed E-state index contributed by atoms with van der Waals surface area (Å²) >= 11 is 4.28. The second kappa shape index (κ2) is 54.1. The maximum atomic E-state index is 14.1. The van der Waals surface area contributed by atoms with Crippen LogP contribution >= 0.6 is 12.6 Å². The summed E-state index contributed by atoms with van der Waals surface area (Å²) in [6.07, 6.45) is 14.0. The number of fused-ring (bicyclic) bond motifs is 6. The Hall–Kier alpha value is -12.2. The van der Waals surface area contributed by atoms with Crippen LogP contribution in [0.1, 0.15) is 251 Å². The number of urea groups is 1. The van der Waals surface area contributed by atoms with E-state index in [-0.39, 0.29) is 104 Å². The van der Waals surface area contributed by atoms with Crippen molar-refractivity contribution in [2.24, 2.45) is 29.4 Å². The van der Waals surface area contributed by atoms with Gasteiger partial charge in [-0.1, -0.05) is 106 Å². The van der Waals surface area contributed by atoms with Gasteiger partial charge in [0.05, 0.1) is 17.5 Å². The Morgan fingerprint density at radius 2 is 0.962 bits per heavy atom. The number of primary amides is 1. The third kappa shape index (κ3) is 34.4. The van der Waals surface area contributed by atoms with E-state index in [2.05, 4.69) is 197 Å². The highest BCUT2D eigenvalue weighted by Crippen LogP contribution is 2.50. The molecule has 2 aliphatic heterocycles. The molecule has 1 aliphatic carbocycles. The molecule has 724 valence electrons. The van der Waals surface area contributed by atoms with Gasteiger partial charge in [-0.05, 0) is 181 Å². The van der Waals surface area contributed by atoms with Gasteiger partial charge in [0.2, 0.25) is 47.0 Å². The van der Waals surface area contributed by atoms with Gasteiger partial charge in [-0.3, -0.25) is 67.1 Å². The van der Waals surface area contributed by atoms with Gasteiger partial charge in [-0.25, -0.2) is 14.4 Å². The number of benzene rings is 4. The predicted octanol–water partition coefficient (Wildman–Crippen LogP) is 10.6. The summed E-state index contributed by atoms with van der Waals surface area (Å²) in [4.78, 5) is 217. The predicted molar refractivity (Wildman–Crippen MR) is 503 cm³/mol. The highest BCUT2D eigenvalue weighted by molar-refractivity contribution is 7.80. The molecule has 0 aromatic heterocycles. The Bertz CT molecular complexity index is 4950. The van der Waals surface area contributed by atoms with Gasteiger partial charge in [0, 0.05) is 162 Å². The van der Waals surface area contributed by atoms with E-state index >= 15 is 0 Å². The van der Waals surface area contributed by atoms with Crippen LogP contribution in [0.2, 0.25) is 0 Å². The summed E-state index contributed by atoms with van der Waals surface area (Å²) in [7, 11) is 2.14. The lowest BCUT2D eigenvalue weighted by Crippen LogP contribution is -2.51. The van der Waals surface area contributed by atoms with Gasteiger partial charge in [0.25, 0.3) is 0 Å². The fraction of sp³-hybridized carbons (Fsp3) is 0.551. The Balaban J connectivity index is 0.767. The molecule has 16 N–H and O–H groups in total. The largest absolute Gasteiger partial charge is 0.481 e. The minimum atomic E-state index is -1.60. The zero-order valence-electron chi connectivity index (χ0n) is 76.9. The number of amides is 9. The molecule has 133 heavy (non-hydrogen) atoms. The molecule has 4 aromatic carbocycles. The lowest BCUT2D eigenvalue weighted by atomic mass is 9.79. The van der Waals surface area contributed by atoms with Crippen LogP contribution in [0.3, 0.4) is 0 Å². The molecule has 3 aliphatic rings. The fourth-order valence-corrected chi connectivity index (χ4v) is 18.1. The van der Waals surface area contributed by atoms with Gasteiger partial charge < -0.3 is 83.8 Å².